The molecule has 0 aromatic rings. The number of rotatable bonds is 4. The molecule has 0 amide bonds. The molecule has 1 saturated heterocycles. The second-order valence-corrected chi connectivity index (χ2v) is 7.11. The fraction of sp³-hybridized carbons (Fsp3) is 0.900. The van der Waals surface area contributed by atoms with E-state index in [9.17, 15) is 18.3 Å². The van der Waals surface area contributed by atoms with Crippen LogP contribution in [0.2, 0.25) is 0 Å². The zero-order chi connectivity index (χ0) is 12.8. The Bertz CT molecular complexity index is 422. The minimum atomic E-state index is -3.69. The first-order valence-electron chi connectivity index (χ1n) is 5.60. The number of carbonyl (C=O) groups excluding carboxylic acids is 1. The average molecular weight is 263 g/mol. The number of aliphatic hydroxyl groups is 1. The van der Waals surface area contributed by atoms with Gasteiger partial charge in [0.15, 0.2) is 5.25 Å². The second kappa shape index (κ2) is 3.93. The molecule has 17 heavy (non-hydrogen) atoms. The summed E-state index contributed by atoms with van der Waals surface area (Å²) in [6, 6.07) is 0. The lowest BCUT2D eigenvalue weighted by Crippen LogP contribution is -2.66. The molecule has 0 aromatic carbocycles. The fourth-order valence-corrected chi connectivity index (χ4v) is 3.73. The minimum absolute atomic E-state index is 0.0985. The Labute approximate surface area is 101 Å². The number of esters is 1. The molecule has 1 aliphatic carbocycles. The molecule has 1 unspecified atom stereocenters. The van der Waals surface area contributed by atoms with Crippen molar-refractivity contribution < 1.29 is 23.1 Å². The summed E-state index contributed by atoms with van der Waals surface area (Å²) in [6.07, 6.45) is 1.91. The van der Waals surface area contributed by atoms with Gasteiger partial charge in [0.2, 0.25) is 10.0 Å². The lowest BCUT2D eigenvalue weighted by molar-refractivity contribution is -0.140. The highest BCUT2D eigenvalue weighted by Gasteiger charge is 2.56. The van der Waals surface area contributed by atoms with Gasteiger partial charge >= 0.3 is 5.97 Å². The Hall–Kier alpha value is -0.660. The maximum absolute atomic E-state index is 12.0. The maximum Gasteiger partial charge on any atom is 0.325 e. The number of ether oxygens (including phenoxy) is 1. The van der Waals surface area contributed by atoms with E-state index in [2.05, 4.69) is 4.74 Å². The molecular formula is C10H17NO5S. The van der Waals surface area contributed by atoms with Crippen LogP contribution in [0.5, 0.6) is 0 Å². The SMILES string of the molecule is COC(=O)C(C)S(=O)(=O)N1CC(O)(C2CC2)C1. The van der Waals surface area contributed by atoms with Gasteiger partial charge in [-0.15, -0.1) is 0 Å². The van der Waals surface area contributed by atoms with Crippen LogP contribution < -0.4 is 0 Å². The minimum Gasteiger partial charge on any atom is -0.468 e. The molecule has 1 heterocycles. The first-order valence-corrected chi connectivity index (χ1v) is 7.11. The van der Waals surface area contributed by atoms with Crippen LogP contribution in [0.3, 0.4) is 0 Å². The van der Waals surface area contributed by atoms with Crippen molar-refractivity contribution in [3.05, 3.63) is 0 Å². The maximum atomic E-state index is 12.0. The summed E-state index contributed by atoms with van der Waals surface area (Å²) in [5.41, 5.74) is -0.872. The molecule has 0 bridgehead atoms. The summed E-state index contributed by atoms with van der Waals surface area (Å²) in [4.78, 5) is 11.2. The number of sulfonamides is 1. The van der Waals surface area contributed by atoms with Crippen molar-refractivity contribution in [3.63, 3.8) is 0 Å². The van der Waals surface area contributed by atoms with E-state index in [1.807, 2.05) is 0 Å². The molecule has 2 aliphatic rings. The van der Waals surface area contributed by atoms with Crippen molar-refractivity contribution in [1.82, 2.24) is 4.31 Å². The summed E-state index contributed by atoms with van der Waals surface area (Å²) >= 11 is 0. The molecule has 98 valence electrons. The van der Waals surface area contributed by atoms with Gasteiger partial charge in [-0.05, 0) is 25.7 Å². The van der Waals surface area contributed by atoms with E-state index in [0.717, 1.165) is 24.3 Å². The van der Waals surface area contributed by atoms with Crippen LogP contribution in [-0.4, -0.2) is 54.8 Å². The Morgan fingerprint density at radius 1 is 1.47 bits per heavy atom. The molecule has 0 aromatic heterocycles. The highest BCUT2D eigenvalue weighted by atomic mass is 32.2. The Kier molecular flexibility index (Phi) is 2.95. The predicted molar refractivity (Wildman–Crippen MR) is 59.6 cm³/mol. The van der Waals surface area contributed by atoms with Crippen molar-refractivity contribution >= 4 is 16.0 Å². The van der Waals surface area contributed by atoms with Crippen LogP contribution in [0, 0.1) is 5.92 Å². The number of methoxy groups -OCH3 is 1. The van der Waals surface area contributed by atoms with Gasteiger partial charge in [-0.2, -0.15) is 4.31 Å². The summed E-state index contributed by atoms with van der Waals surface area (Å²) in [5, 5.41) is 8.83. The molecule has 2 fully saturated rings. The quantitative estimate of drug-likeness (QED) is 0.680. The van der Waals surface area contributed by atoms with Gasteiger partial charge in [0.05, 0.1) is 12.7 Å². The zero-order valence-corrected chi connectivity index (χ0v) is 10.7. The monoisotopic (exact) mass is 263 g/mol. The van der Waals surface area contributed by atoms with Crippen LogP contribution in [-0.2, 0) is 19.6 Å². The van der Waals surface area contributed by atoms with Crippen molar-refractivity contribution in [2.45, 2.75) is 30.6 Å². The normalized spacial score (nSPS) is 26.1. The molecule has 1 saturated carbocycles. The molecule has 6 nitrogen and oxygen atoms in total. The van der Waals surface area contributed by atoms with Gasteiger partial charge in [-0.25, -0.2) is 8.42 Å². The van der Waals surface area contributed by atoms with E-state index in [0.29, 0.717) is 0 Å². The number of nitrogens with zero attached hydrogens (tertiary/aromatic N) is 1. The lowest BCUT2D eigenvalue weighted by Gasteiger charge is -2.46. The molecule has 1 aliphatic heterocycles. The summed E-state index contributed by atoms with van der Waals surface area (Å²) in [6.45, 7) is 1.50. The van der Waals surface area contributed by atoms with Crippen molar-refractivity contribution in [1.29, 1.82) is 0 Å². The highest BCUT2D eigenvalue weighted by molar-refractivity contribution is 7.90. The molecular weight excluding hydrogens is 246 g/mol. The van der Waals surface area contributed by atoms with Crippen LogP contribution in [0.15, 0.2) is 0 Å². The topological polar surface area (TPSA) is 83.9 Å². The van der Waals surface area contributed by atoms with Crippen molar-refractivity contribution in [3.8, 4) is 0 Å². The summed E-state index contributed by atoms with van der Waals surface area (Å²) in [5.74, 6) is -0.547. The van der Waals surface area contributed by atoms with Crippen molar-refractivity contribution in [2.24, 2.45) is 5.92 Å². The Balaban J connectivity index is 2.01. The zero-order valence-electron chi connectivity index (χ0n) is 9.92. The lowest BCUT2D eigenvalue weighted by atomic mass is 9.91. The third-order valence-electron chi connectivity index (χ3n) is 3.58. The van der Waals surface area contributed by atoms with E-state index in [1.54, 1.807) is 0 Å². The predicted octanol–water partition coefficient (Wildman–Crippen LogP) is -0.666. The van der Waals surface area contributed by atoms with Gasteiger partial charge in [0, 0.05) is 13.1 Å². The third kappa shape index (κ3) is 2.07. The van der Waals surface area contributed by atoms with Crippen molar-refractivity contribution in [2.75, 3.05) is 20.2 Å². The van der Waals surface area contributed by atoms with Gasteiger partial charge < -0.3 is 9.84 Å². The van der Waals surface area contributed by atoms with Crippen LogP contribution in [0.25, 0.3) is 0 Å². The van der Waals surface area contributed by atoms with Crippen LogP contribution in [0.1, 0.15) is 19.8 Å². The smallest absolute Gasteiger partial charge is 0.325 e. The fourth-order valence-electron chi connectivity index (χ4n) is 2.13. The standard InChI is InChI=1S/C10H17NO5S/c1-7(9(12)16-2)17(14,15)11-5-10(13,6-11)8-3-4-8/h7-8,13H,3-6H2,1-2H3. The third-order valence-corrected chi connectivity index (χ3v) is 5.64. The highest BCUT2D eigenvalue weighted by Crippen LogP contribution is 2.45. The number of hydrogen-bond acceptors (Lipinski definition) is 5. The first-order chi connectivity index (χ1) is 7.81. The van der Waals surface area contributed by atoms with Gasteiger partial charge in [0.25, 0.3) is 0 Å². The Morgan fingerprint density at radius 3 is 2.41 bits per heavy atom. The van der Waals surface area contributed by atoms with Crippen LogP contribution in [0.4, 0.5) is 0 Å². The average Bonchev–Trinajstić information content (AvgIpc) is 3.06. The number of β-amino-alcohol motifs (C(OH)–C–C–N with tert-alkyl or cyclic N) is 1. The largest absolute Gasteiger partial charge is 0.468 e. The van der Waals surface area contributed by atoms with E-state index >= 15 is 0 Å². The van der Waals surface area contributed by atoms with E-state index in [4.69, 9.17) is 0 Å². The van der Waals surface area contributed by atoms with Gasteiger partial charge in [0.1, 0.15) is 0 Å². The van der Waals surface area contributed by atoms with Gasteiger partial charge in [-0.3, -0.25) is 4.79 Å². The number of carbonyl (C=O) groups is 1. The summed E-state index contributed by atoms with van der Waals surface area (Å²) < 4.78 is 29.5. The first kappa shape index (κ1) is 12.8. The van der Waals surface area contributed by atoms with E-state index in [-0.39, 0.29) is 19.0 Å². The molecule has 0 radical (unpaired) electrons. The van der Waals surface area contributed by atoms with E-state index < -0.39 is 26.8 Å². The molecule has 1 N–H and O–H groups in total. The summed E-state index contributed by atoms with van der Waals surface area (Å²) in [7, 11) is -2.53. The van der Waals surface area contributed by atoms with Gasteiger partial charge in [-0.1, -0.05) is 0 Å². The molecule has 0 spiro atoms. The molecule has 7 heteroatoms. The molecule has 1 atom stereocenters. The number of hydrogen-bond donors (Lipinski definition) is 1. The Morgan fingerprint density at radius 2 is 2.00 bits per heavy atom. The second-order valence-electron chi connectivity index (χ2n) is 4.86. The molecule has 2 rings (SSSR count). The van der Waals surface area contributed by atoms with Crippen LogP contribution >= 0.6 is 0 Å². The van der Waals surface area contributed by atoms with E-state index in [1.165, 1.54) is 6.92 Å².